The molecule has 1 aliphatic rings. The minimum atomic E-state index is -4.61. The van der Waals surface area contributed by atoms with Crippen LogP contribution in [0.3, 0.4) is 0 Å². The van der Waals surface area contributed by atoms with Gasteiger partial charge in [-0.15, -0.1) is 0 Å². The first-order valence-corrected chi connectivity index (χ1v) is 8.39. The topological polar surface area (TPSA) is 67.6 Å². The van der Waals surface area contributed by atoms with Gasteiger partial charge in [-0.1, -0.05) is 34.0 Å². The maximum atomic E-state index is 13.1. The lowest BCUT2D eigenvalue weighted by molar-refractivity contribution is -0.139. The number of hydrogen-bond acceptors (Lipinski definition) is 5. The summed E-state index contributed by atoms with van der Waals surface area (Å²) in [5.74, 6) is 0.100. The monoisotopic (exact) mass is 382 g/mol. The van der Waals surface area contributed by atoms with E-state index in [0.29, 0.717) is 0 Å². The fourth-order valence-corrected chi connectivity index (χ4v) is 5.22. The number of aromatic nitrogens is 2. The van der Waals surface area contributed by atoms with E-state index in [1.807, 2.05) is 6.07 Å². The minimum absolute atomic E-state index is 0.00172. The molecule has 0 fully saturated rings. The number of hydrogen-bond donors (Lipinski definition) is 1. The van der Waals surface area contributed by atoms with Crippen LogP contribution in [0.2, 0.25) is 10.0 Å². The molecule has 1 aromatic heterocycles. The van der Waals surface area contributed by atoms with Gasteiger partial charge in [-0.05, 0) is 16.9 Å². The summed E-state index contributed by atoms with van der Waals surface area (Å²) in [4.78, 5) is 0.0857. The molecule has 0 saturated heterocycles. The first kappa shape index (κ1) is 15.7. The van der Waals surface area contributed by atoms with Gasteiger partial charge in [0.2, 0.25) is 0 Å². The van der Waals surface area contributed by atoms with E-state index in [1.54, 1.807) is 0 Å². The molecular weight excluding hydrogens is 380 g/mol. The normalized spacial score (nSPS) is 13.5. The minimum Gasteiger partial charge on any atom is -0.383 e. The number of fused-ring (bicyclic) bond motifs is 5. The van der Waals surface area contributed by atoms with Crippen LogP contribution >= 0.6 is 44.8 Å². The SMILES string of the molecule is N#Cc1nn2c(N)c1SSc1c(C(F)(F)F)cc(Cl)c-2c1Cl. The van der Waals surface area contributed by atoms with E-state index in [1.165, 1.54) is 0 Å². The Balaban J connectivity index is 2.38. The Kier molecular flexibility index (Phi) is 3.68. The number of alkyl halides is 3. The van der Waals surface area contributed by atoms with Gasteiger partial charge in [0, 0.05) is 0 Å². The van der Waals surface area contributed by atoms with Gasteiger partial charge in [-0.25, -0.2) is 4.68 Å². The predicted molar refractivity (Wildman–Crippen MR) is 79.4 cm³/mol. The Labute approximate surface area is 139 Å². The number of nitrogens with two attached hydrogens (primary N) is 1. The number of nitrogens with zero attached hydrogens (tertiary/aromatic N) is 3. The van der Waals surface area contributed by atoms with Crippen molar-refractivity contribution in [2.24, 2.45) is 0 Å². The summed E-state index contributed by atoms with van der Waals surface area (Å²) >= 11 is 12.0. The number of benzene rings is 1. The molecule has 0 aliphatic carbocycles. The lowest BCUT2D eigenvalue weighted by Gasteiger charge is -2.19. The van der Waals surface area contributed by atoms with Crippen molar-refractivity contribution in [3.63, 3.8) is 0 Å². The largest absolute Gasteiger partial charge is 0.417 e. The average Bonchev–Trinajstić information content (AvgIpc) is 2.74. The van der Waals surface area contributed by atoms with E-state index in [0.717, 1.165) is 32.3 Å². The van der Waals surface area contributed by atoms with Crippen molar-refractivity contribution in [2.45, 2.75) is 16.0 Å². The molecule has 0 amide bonds. The van der Waals surface area contributed by atoms with Gasteiger partial charge in [-0.2, -0.15) is 23.5 Å². The molecule has 1 aliphatic heterocycles. The first-order valence-electron chi connectivity index (χ1n) is 5.48. The van der Waals surface area contributed by atoms with Crippen LogP contribution < -0.4 is 5.73 Å². The maximum absolute atomic E-state index is 13.1. The summed E-state index contributed by atoms with van der Waals surface area (Å²) in [6.45, 7) is 0. The van der Waals surface area contributed by atoms with Crippen molar-refractivity contribution in [3.8, 4) is 11.8 Å². The second kappa shape index (κ2) is 5.16. The number of nitrogen functional groups attached to an aromatic ring is 1. The van der Waals surface area contributed by atoms with Gasteiger partial charge >= 0.3 is 6.18 Å². The Hall–Kier alpha value is -1.21. The molecule has 2 N–H and O–H groups in total. The fourth-order valence-electron chi connectivity index (χ4n) is 1.90. The molecule has 0 radical (unpaired) electrons. The highest BCUT2D eigenvalue weighted by molar-refractivity contribution is 8.76. The average molecular weight is 383 g/mol. The zero-order chi connectivity index (χ0) is 16.2. The van der Waals surface area contributed by atoms with E-state index in [9.17, 15) is 13.2 Å². The lowest BCUT2D eigenvalue weighted by Crippen LogP contribution is -2.11. The summed E-state index contributed by atoms with van der Waals surface area (Å²) in [5, 5.41) is 12.6. The second-order valence-electron chi connectivity index (χ2n) is 4.15. The standard InChI is InChI=1S/C11H3Cl2F3N4S2/c12-4-1-3(11(14,15)16)8-6(13)7(4)20-10(18)9(22-21-8)5(2-17)19-20/h1H,18H2. The molecule has 4 nitrogen and oxygen atoms in total. The Morgan fingerprint density at radius 3 is 2.50 bits per heavy atom. The zero-order valence-corrected chi connectivity index (χ0v) is 13.3. The number of rotatable bonds is 0. The third kappa shape index (κ3) is 2.22. The molecule has 3 rings (SSSR count). The van der Waals surface area contributed by atoms with Crippen molar-refractivity contribution in [1.82, 2.24) is 9.78 Å². The van der Waals surface area contributed by atoms with Crippen LogP contribution in [0.4, 0.5) is 19.0 Å². The van der Waals surface area contributed by atoms with Crippen LogP contribution in [0.5, 0.6) is 0 Å². The number of halogens is 5. The summed E-state index contributed by atoms with van der Waals surface area (Å²) < 4.78 is 40.5. The van der Waals surface area contributed by atoms with E-state index >= 15 is 0 Å². The Morgan fingerprint density at radius 1 is 1.27 bits per heavy atom. The lowest BCUT2D eigenvalue weighted by atomic mass is 10.2. The van der Waals surface area contributed by atoms with E-state index in [-0.39, 0.29) is 37.0 Å². The van der Waals surface area contributed by atoms with Crippen LogP contribution in [0, 0.1) is 11.3 Å². The Bertz CT molecular complexity index is 842. The van der Waals surface area contributed by atoms with Crippen molar-refractivity contribution < 1.29 is 13.2 Å². The first-order chi connectivity index (χ1) is 10.3. The van der Waals surface area contributed by atoms with Crippen molar-refractivity contribution in [2.75, 3.05) is 5.73 Å². The molecule has 4 bridgehead atoms. The molecule has 0 unspecified atom stereocenters. The van der Waals surface area contributed by atoms with E-state index in [4.69, 9.17) is 34.2 Å². The summed E-state index contributed by atoms with van der Waals surface area (Å²) in [6, 6.07) is 2.62. The molecule has 22 heavy (non-hydrogen) atoms. The van der Waals surface area contributed by atoms with Crippen LogP contribution in [0.25, 0.3) is 5.69 Å². The molecule has 0 saturated carbocycles. The van der Waals surface area contributed by atoms with Gasteiger partial charge in [0.05, 0.1) is 25.4 Å². The van der Waals surface area contributed by atoms with Crippen molar-refractivity contribution in [3.05, 3.63) is 27.4 Å². The molecular formula is C11H3Cl2F3N4S2. The molecule has 2 heterocycles. The van der Waals surface area contributed by atoms with Crippen LogP contribution in [0.1, 0.15) is 11.3 Å². The smallest absolute Gasteiger partial charge is 0.383 e. The number of anilines is 1. The van der Waals surface area contributed by atoms with Crippen LogP contribution in [-0.4, -0.2) is 9.78 Å². The Morgan fingerprint density at radius 2 is 1.91 bits per heavy atom. The summed E-state index contributed by atoms with van der Waals surface area (Å²) in [5.41, 5.74) is 4.97. The molecule has 2 aromatic rings. The molecule has 0 atom stereocenters. The van der Waals surface area contributed by atoms with E-state index < -0.39 is 11.7 Å². The molecule has 0 spiro atoms. The molecule has 11 heteroatoms. The maximum Gasteiger partial charge on any atom is 0.417 e. The highest BCUT2D eigenvalue weighted by Gasteiger charge is 2.38. The highest BCUT2D eigenvalue weighted by atomic mass is 35.5. The van der Waals surface area contributed by atoms with Crippen molar-refractivity contribution in [1.29, 1.82) is 5.26 Å². The highest BCUT2D eigenvalue weighted by Crippen LogP contribution is 2.54. The number of nitriles is 1. The van der Waals surface area contributed by atoms with Crippen LogP contribution in [0.15, 0.2) is 15.9 Å². The third-order valence-electron chi connectivity index (χ3n) is 2.86. The van der Waals surface area contributed by atoms with E-state index in [2.05, 4.69) is 5.10 Å². The second-order valence-corrected chi connectivity index (χ2v) is 7.08. The zero-order valence-electron chi connectivity index (χ0n) is 10.2. The van der Waals surface area contributed by atoms with Crippen molar-refractivity contribution >= 4 is 50.6 Å². The van der Waals surface area contributed by atoms with Gasteiger partial charge in [-0.3, -0.25) is 0 Å². The summed E-state index contributed by atoms with van der Waals surface area (Å²) in [7, 11) is 1.67. The summed E-state index contributed by atoms with van der Waals surface area (Å²) in [6.07, 6.45) is -4.61. The van der Waals surface area contributed by atoms with Crippen LogP contribution in [-0.2, 0) is 6.18 Å². The predicted octanol–water partition coefficient (Wildman–Crippen LogP) is 4.76. The van der Waals surface area contributed by atoms with Gasteiger partial charge in [0.1, 0.15) is 17.6 Å². The van der Waals surface area contributed by atoms with Gasteiger partial charge in [0.25, 0.3) is 0 Å². The third-order valence-corrected chi connectivity index (χ3v) is 6.12. The fraction of sp³-hybridized carbons (Fsp3) is 0.0909. The molecule has 114 valence electrons. The quantitative estimate of drug-likeness (QED) is 0.664. The molecule has 1 aromatic carbocycles. The van der Waals surface area contributed by atoms with Gasteiger partial charge < -0.3 is 5.73 Å². The van der Waals surface area contributed by atoms with Gasteiger partial charge in [0.15, 0.2) is 5.69 Å².